The maximum atomic E-state index is 5.54. The van der Waals surface area contributed by atoms with Gasteiger partial charge >= 0.3 is 0 Å². The van der Waals surface area contributed by atoms with Crippen LogP contribution in [0.1, 0.15) is 87.9 Å². The molecule has 318 valence electrons. The fraction of sp³-hybridized carbons (Fsp3) is 0.269. The van der Waals surface area contributed by atoms with Crippen molar-refractivity contribution in [2.45, 2.75) is 79.3 Å². The number of rotatable bonds is 6. The number of fused-ring (bicyclic) bond motifs is 3. The van der Waals surface area contributed by atoms with Crippen molar-refractivity contribution in [3.63, 3.8) is 0 Å². The Labute approximate surface area is 385 Å². The SMILES string of the molecule is C=C1Cc2c([n+](-c3ccccc3)nn2Cc2ccccc2)-c2nnn(Cc3ccccc3)c2C2N3C(C)=C(C)[N+]2(I)CCCCN2C(C)=C(C)N(/C1=C/C=C\C)C2c1ccccc13. The molecule has 0 radical (unpaired) electrons. The quantitative estimate of drug-likeness (QED) is 0.0942. The summed E-state index contributed by atoms with van der Waals surface area (Å²) in [4.78, 5) is 7.86. The molecule has 3 unspecified atom stereocenters. The van der Waals surface area contributed by atoms with E-state index in [-0.39, 0.29) is 12.3 Å². The first-order chi connectivity index (χ1) is 30.7. The minimum absolute atomic E-state index is 0.103. The lowest BCUT2D eigenvalue weighted by atomic mass is 10.0. The molecule has 0 fully saturated rings. The molecule has 0 saturated carbocycles. The van der Waals surface area contributed by atoms with Gasteiger partial charge in [-0.15, -0.1) is 9.78 Å². The molecule has 0 spiro atoms. The highest BCUT2D eigenvalue weighted by atomic mass is 127. The molecule has 6 aromatic rings. The average Bonchev–Trinajstić information content (AvgIpc) is 3.98. The fourth-order valence-electron chi connectivity index (χ4n) is 10.2. The zero-order chi connectivity index (χ0) is 43.4. The van der Waals surface area contributed by atoms with Crippen molar-refractivity contribution in [2.24, 2.45) is 0 Å². The Morgan fingerprint density at radius 2 is 1.43 bits per heavy atom. The summed E-state index contributed by atoms with van der Waals surface area (Å²) in [5.41, 5.74) is 16.8. The first-order valence-electron chi connectivity index (χ1n) is 22.2. The molecule has 10 nitrogen and oxygen atoms in total. The third-order valence-corrected chi connectivity index (χ3v) is 15.3. The summed E-state index contributed by atoms with van der Waals surface area (Å²) < 4.78 is 7.16. The van der Waals surface area contributed by atoms with Crippen molar-refractivity contribution in [3.05, 3.63) is 202 Å². The maximum Gasteiger partial charge on any atom is 0.256 e. The second-order valence-corrected chi connectivity index (χ2v) is 18.9. The van der Waals surface area contributed by atoms with Crippen molar-refractivity contribution >= 4 is 28.6 Å². The van der Waals surface area contributed by atoms with Gasteiger partial charge in [-0.2, -0.15) is 0 Å². The summed E-state index contributed by atoms with van der Waals surface area (Å²) in [5.74, 6) is 0. The van der Waals surface area contributed by atoms with Crippen molar-refractivity contribution in [1.82, 2.24) is 34.7 Å². The van der Waals surface area contributed by atoms with Gasteiger partial charge in [0.15, 0.2) is 22.8 Å². The Morgan fingerprint density at radius 3 is 2.13 bits per heavy atom. The van der Waals surface area contributed by atoms with Crippen LogP contribution >= 0.6 is 22.9 Å². The highest BCUT2D eigenvalue weighted by molar-refractivity contribution is 14.1. The molecule has 6 heterocycles. The van der Waals surface area contributed by atoms with Crippen molar-refractivity contribution < 1.29 is 7.38 Å². The summed E-state index contributed by atoms with van der Waals surface area (Å²) in [6, 6.07) is 41.0. The normalized spacial score (nSPS) is 21.8. The van der Waals surface area contributed by atoms with Crippen LogP contribution in [0.4, 0.5) is 5.69 Å². The highest BCUT2D eigenvalue weighted by Crippen LogP contribution is 2.56. The van der Waals surface area contributed by atoms with E-state index in [1.54, 1.807) is 0 Å². The van der Waals surface area contributed by atoms with Gasteiger partial charge in [0.2, 0.25) is 11.9 Å². The van der Waals surface area contributed by atoms with Crippen LogP contribution in [0.3, 0.4) is 0 Å². The second-order valence-electron chi connectivity index (χ2n) is 17.2. The molecule has 0 saturated heterocycles. The van der Waals surface area contributed by atoms with Crippen molar-refractivity contribution in [1.29, 1.82) is 0 Å². The molecule has 63 heavy (non-hydrogen) atoms. The zero-order valence-corrected chi connectivity index (χ0v) is 39.0. The number of para-hydroxylation sites is 2. The third kappa shape index (κ3) is 6.87. The predicted molar refractivity (Wildman–Crippen MR) is 258 cm³/mol. The number of halogens is 1. The van der Waals surface area contributed by atoms with E-state index in [0.717, 1.165) is 71.2 Å². The molecule has 4 aromatic carbocycles. The summed E-state index contributed by atoms with van der Waals surface area (Å²) in [6.45, 7) is 19.4. The van der Waals surface area contributed by atoms with Gasteiger partial charge in [-0.1, -0.05) is 126 Å². The predicted octanol–water partition coefficient (Wildman–Crippen LogP) is 10.7. The Bertz CT molecular complexity index is 2830. The van der Waals surface area contributed by atoms with E-state index in [0.29, 0.717) is 22.2 Å². The lowest BCUT2D eigenvalue weighted by Crippen LogP contribution is -2.44. The first kappa shape index (κ1) is 41.0. The number of quaternary nitrogens is 1. The number of benzene rings is 4. The number of hydrogen-bond acceptors (Lipinski definition) is 6. The minimum atomic E-state index is -0.214. The number of hydrogen-bond donors (Lipinski definition) is 0. The summed E-state index contributed by atoms with van der Waals surface area (Å²) in [7, 11) is 0. The average molecular weight is 947 g/mol. The van der Waals surface area contributed by atoms with Gasteiger partial charge in [-0.05, 0) is 81.5 Å². The molecule has 11 heteroatoms. The molecule has 0 N–H and O–H groups in total. The van der Waals surface area contributed by atoms with E-state index in [4.69, 9.17) is 22.1 Å². The number of anilines is 1. The molecule has 4 aliphatic heterocycles. The van der Waals surface area contributed by atoms with Crippen LogP contribution in [0.5, 0.6) is 0 Å². The summed E-state index contributed by atoms with van der Waals surface area (Å²) in [6.07, 6.45) is 8.83. The molecule has 0 aliphatic carbocycles. The van der Waals surface area contributed by atoms with Crippen LogP contribution < -0.4 is 9.58 Å². The van der Waals surface area contributed by atoms with Crippen LogP contribution in [0, 0.1) is 0 Å². The topological polar surface area (TPSA) is 62.1 Å². The standard InChI is InChI=1S/C52H55IN10/c1-7-8-29-45-36(2)33-47-49(62(43-26-16-11-17-27-43)56-58(47)34-41-22-12-9-13-23-41)48-50(59(55-54-48)35-42-24-14-10-15-25-42)52-61-39(5)40(6)63(52,53)32-21-20-31-57-37(3)38(4)60(45)51(57)44-28-18-19-30-46(44)61/h7-19,22-30,51-52H,2,20-21,31-35H2,1,3-6H3/q+2/b8-7-,45-29+. The Hall–Kier alpha value is -6.05. The first-order valence-corrected chi connectivity index (χ1v) is 23.1. The number of nitrogens with zero attached hydrogens (tertiary/aromatic N) is 10. The van der Waals surface area contributed by atoms with Crippen LogP contribution in [-0.2, 0) is 19.5 Å². The molecule has 4 aliphatic rings. The monoisotopic (exact) mass is 946 g/mol. The smallest absolute Gasteiger partial charge is 0.256 e. The number of aromatic nitrogens is 6. The molecule has 10 rings (SSSR count). The second kappa shape index (κ2) is 16.6. The largest absolute Gasteiger partial charge is 0.349 e. The Kier molecular flexibility index (Phi) is 10.8. The van der Waals surface area contributed by atoms with Gasteiger partial charge in [-0.3, -0.25) is 4.90 Å². The van der Waals surface area contributed by atoms with E-state index >= 15 is 0 Å². The molecule has 3 atom stereocenters. The lowest BCUT2D eigenvalue weighted by Gasteiger charge is -2.40. The van der Waals surface area contributed by atoms with E-state index in [1.807, 2.05) is 0 Å². The van der Waals surface area contributed by atoms with Crippen molar-refractivity contribution in [3.8, 4) is 17.1 Å². The zero-order valence-electron chi connectivity index (χ0n) is 36.9. The molecular formula is C52H55IN10+2. The van der Waals surface area contributed by atoms with Crippen LogP contribution in [-0.4, -0.2) is 50.5 Å². The fourth-order valence-corrected chi connectivity index (χ4v) is 11.4. The molecule has 0 amide bonds. The van der Waals surface area contributed by atoms with E-state index < -0.39 is 0 Å². The van der Waals surface area contributed by atoms with Crippen molar-refractivity contribution in [2.75, 3.05) is 18.0 Å². The Morgan fingerprint density at radius 1 is 0.778 bits per heavy atom. The van der Waals surface area contributed by atoms with E-state index in [9.17, 15) is 0 Å². The molecule has 2 aromatic heterocycles. The van der Waals surface area contributed by atoms with Crippen LogP contribution in [0.25, 0.3) is 17.1 Å². The van der Waals surface area contributed by atoms with Crippen LogP contribution in [0.15, 0.2) is 174 Å². The van der Waals surface area contributed by atoms with E-state index in [2.05, 4.69) is 220 Å². The molecule has 4 bridgehead atoms. The summed E-state index contributed by atoms with van der Waals surface area (Å²) >= 11 is 2.78. The van der Waals surface area contributed by atoms with Crippen LogP contribution in [0.2, 0.25) is 0 Å². The maximum absolute atomic E-state index is 5.54. The summed E-state index contributed by atoms with van der Waals surface area (Å²) in [5, 5.41) is 16.1. The van der Waals surface area contributed by atoms with Gasteiger partial charge < -0.3 is 9.80 Å². The lowest BCUT2D eigenvalue weighted by molar-refractivity contribution is -0.741. The van der Waals surface area contributed by atoms with E-state index in [1.165, 1.54) is 39.6 Å². The van der Waals surface area contributed by atoms with Gasteiger partial charge in [0.25, 0.3) is 22.9 Å². The molecular weight excluding hydrogens is 892 g/mol. The van der Waals surface area contributed by atoms with Gasteiger partial charge in [-0.25, -0.2) is 7.38 Å². The van der Waals surface area contributed by atoms with Gasteiger partial charge in [0, 0.05) is 42.5 Å². The minimum Gasteiger partial charge on any atom is -0.349 e. The van der Waals surface area contributed by atoms with Gasteiger partial charge in [0.1, 0.15) is 18.4 Å². The van der Waals surface area contributed by atoms with Gasteiger partial charge in [0.05, 0.1) is 29.7 Å². The Balaban J connectivity index is 1.36. The third-order valence-electron chi connectivity index (χ3n) is 13.6. The number of allylic oxidation sites excluding steroid dienone is 8. The highest BCUT2D eigenvalue weighted by Gasteiger charge is 2.56.